The minimum atomic E-state index is -4.33. The molecule has 100 valence electrons. The van der Waals surface area contributed by atoms with Crippen LogP contribution in [0.25, 0.3) is 0 Å². The van der Waals surface area contributed by atoms with Crippen LogP contribution in [-0.4, -0.2) is 24.6 Å². The number of carbonyl (C=O) groups excluding carboxylic acids is 1. The van der Waals surface area contributed by atoms with Crippen molar-refractivity contribution in [2.45, 2.75) is 23.1 Å². The average molecular weight is 298 g/mol. The summed E-state index contributed by atoms with van der Waals surface area (Å²) >= 11 is 5.43. The number of alkyl halides is 1. The van der Waals surface area contributed by atoms with Gasteiger partial charge in [0.25, 0.3) is 0 Å². The van der Waals surface area contributed by atoms with Gasteiger partial charge < -0.3 is 5.73 Å². The monoisotopic (exact) mass is 297 g/mol. The van der Waals surface area contributed by atoms with Crippen LogP contribution in [0.2, 0.25) is 0 Å². The van der Waals surface area contributed by atoms with Crippen LogP contribution < -0.4 is 5.73 Å². The molecule has 0 aromatic heterocycles. The van der Waals surface area contributed by atoms with E-state index in [2.05, 4.69) is 0 Å². The van der Waals surface area contributed by atoms with Crippen LogP contribution >= 0.6 is 11.6 Å². The fourth-order valence-corrected chi connectivity index (χ4v) is 4.09. The van der Waals surface area contributed by atoms with E-state index < -0.39 is 42.8 Å². The smallest absolute Gasteiger partial charge is 0.247 e. The highest BCUT2D eigenvalue weighted by molar-refractivity contribution is 7.93. The minimum Gasteiger partial charge on any atom is -0.369 e. The molecule has 0 saturated heterocycles. The molecule has 8 heteroatoms. The molecule has 1 saturated carbocycles. The van der Waals surface area contributed by atoms with E-state index in [1.807, 2.05) is 0 Å². The average Bonchev–Trinajstić information content (AvgIpc) is 3.06. The molecule has 0 bridgehead atoms. The van der Waals surface area contributed by atoms with Crippen molar-refractivity contribution in [3.05, 3.63) is 23.0 Å². The largest absolute Gasteiger partial charge is 0.369 e. The van der Waals surface area contributed by atoms with Gasteiger partial charge in [0.1, 0.15) is 11.7 Å². The maximum Gasteiger partial charge on any atom is 0.247 e. The van der Waals surface area contributed by atoms with Gasteiger partial charge in [0.15, 0.2) is 9.84 Å². The third-order valence-electron chi connectivity index (χ3n) is 2.99. The predicted molar refractivity (Wildman–Crippen MR) is 61.6 cm³/mol. The lowest BCUT2D eigenvalue weighted by Crippen LogP contribution is -2.48. The van der Waals surface area contributed by atoms with E-state index in [0.717, 1.165) is 0 Å². The van der Waals surface area contributed by atoms with Gasteiger partial charge in [0.05, 0.1) is 10.3 Å². The van der Waals surface area contributed by atoms with Gasteiger partial charge in [-0.15, -0.1) is 0 Å². The molecule has 1 fully saturated rings. The zero-order valence-electron chi connectivity index (χ0n) is 9.07. The van der Waals surface area contributed by atoms with E-state index in [-0.39, 0.29) is 6.08 Å². The maximum atomic E-state index is 14.7. The van der Waals surface area contributed by atoms with Gasteiger partial charge in [-0.25, -0.2) is 17.2 Å². The van der Waals surface area contributed by atoms with E-state index in [9.17, 15) is 22.0 Å². The normalized spacial score (nSPS) is 32.7. The van der Waals surface area contributed by atoms with Crippen LogP contribution in [0.1, 0.15) is 12.8 Å². The van der Waals surface area contributed by atoms with Crippen molar-refractivity contribution in [3.63, 3.8) is 0 Å². The third-order valence-corrected chi connectivity index (χ3v) is 5.89. The fourth-order valence-electron chi connectivity index (χ4n) is 1.84. The SMILES string of the molecule is NC(=O)C1C=C(Cl)C(F)=CC1(F)S(=O)(=O)C1CC1. The molecular weight excluding hydrogens is 288 g/mol. The Morgan fingerprint density at radius 1 is 1.50 bits per heavy atom. The lowest BCUT2D eigenvalue weighted by Gasteiger charge is -2.29. The summed E-state index contributed by atoms with van der Waals surface area (Å²) in [6.07, 6.45) is 1.54. The molecule has 2 rings (SSSR count). The molecule has 1 amide bonds. The highest BCUT2D eigenvalue weighted by Crippen LogP contribution is 2.46. The number of hydrogen-bond donors (Lipinski definition) is 1. The first kappa shape index (κ1) is 13.5. The standard InChI is InChI=1S/C10H10ClF2NO3S/c11-7-3-6(9(14)15)10(13,4-8(7)12)18(16,17)5-1-2-5/h3-6H,1-2H2,(H2,14,15). The van der Waals surface area contributed by atoms with E-state index in [1.165, 1.54) is 0 Å². The Morgan fingerprint density at radius 3 is 2.50 bits per heavy atom. The van der Waals surface area contributed by atoms with Gasteiger partial charge in [-0.2, -0.15) is 0 Å². The van der Waals surface area contributed by atoms with Gasteiger partial charge in [-0.1, -0.05) is 11.6 Å². The number of carbonyl (C=O) groups is 1. The summed E-state index contributed by atoms with van der Waals surface area (Å²) in [5.74, 6) is -4.22. The summed E-state index contributed by atoms with van der Waals surface area (Å²) in [5, 5.41) is -4.56. The van der Waals surface area contributed by atoms with Gasteiger partial charge in [-0.3, -0.25) is 4.79 Å². The molecule has 0 aliphatic heterocycles. The molecule has 0 aromatic rings. The lowest BCUT2D eigenvalue weighted by molar-refractivity contribution is -0.122. The number of halogens is 3. The van der Waals surface area contributed by atoms with Crippen molar-refractivity contribution in [3.8, 4) is 0 Å². The van der Waals surface area contributed by atoms with Crippen LogP contribution in [0.4, 0.5) is 8.78 Å². The second-order valence-corrected chi connectivity index (χ2v) is 7.12. The first-order chi connectivity index (χ1) is 8.20. The van der Waals surface area contributed by atoms with Crippen molar-refractivity contribution < 1.29 is 22.0 Å². The molecule has 2 aliphatic carbocycles. The Hall–Kier alpha value is -0.950. The summed E-state index contributed by atoms with van der Waals surface area (Å²) in [5.41, 5.74) is 4.97. The maximum absolute atomic E-state index is 14.7. The minimum absolute atomic E-state index is 0.235. The van der Waals surface area contributed by atoms with E-state index >= 15 is 0 Å². The third kappa shape index (κ3) is 1.85. The van der Waals surface area contributed by atoms with Crippen molar-refractivity contribution in [1.82, 2.24) is 0 Å². The second-order valence-electron chi connectivity index (χ2n) is 4.33. The Morgan fingerprint density at radius 2 is 2.06 bits per heavy atom. The van der Waals surface area contributed by atoms with E-state index in [1.54, 1.807) is 0 Å². The Balaban J connectivity index is 2.56. The molecule has 0 radical (unpaired) electrons. The zero-order chi connectivity index (χ0) is 13.7. The molecule has 4 nitrogen and oxygen atoms in total. The fraction of sp³-hybridized carbons (Fsp3) is 0.500. The predicted octanol–water partition coefficient (Wildman–Crippen LogP) is 1.32. The Kier molecular flexibility index (Phi) is 3.02. The van der Waals surface area contributed by atoms with Crippen LogP contribution in [0.3, 0.4) is 0 Å². The van der Waals surface area contributed by atoms with E-state index in [0.29, 0.717) is 18.9 Å². The Labute approximate surface area is 107 Å². The van der Waals surface area contributed by atoms with Crippen LogP contribution in [0.5, 0.6) is 0 Å². The summed E-state index contributed by atoms with van der Waals surface area (Å²) in [6, 6.07) is 0. The summed E-state index contributed by atoms with van der Waals surface area (Å²) in [4.78, 5) is 11.2. The van der Waals surface area contributed by atoms with E-state index in [4.69, 9.17) is 17.3 Å². The lowest BCUT2D eigenvalue weighted by atomic mass is 9.97. The highest BCUT2D eigenvalue weighted by atomic mass is 35.5. The van der Waals surface area contributed by atoms with Crippen LogP contribution in [0, 0.1) is 5.92 Å². The topological polar surface area (TPSA) is 77.2 Å². The molecule has 2 aliphatic rings. The first-order valence-electron chi connectivity index (χ1n) is 5.18. The highest BCUT2D eigenvalue weighted by Gasteiger charge is 2.58. The summed E-state index contributed by atoms with van der Waals surface area (Å²) < 4.78 is 51.9. The zero-order valence-corrected chi connectivity index (χ0v) is 10.6. The van der Waals surface area contributed by atoms with Crippen molar-refractivity contribution in [2.24, 2.45) is 11.7 Å². The van der Waals surface area contributed by atoms with Gasteiger partial charge in [0.2, 0.25) is 10.9 Å². The molecule has 0 heterocycles. The number of sulfone groups is 1. The number of rotatable bonds is 3. The number of hydrogen-bond acceptors (Lipinski definition) is 3. The number of nitrogens with two attached hydrogens (primary N) is 1. The first-order valence-corrected chi connectivity index (χ1v) is 7.10. The number of allylic oxidation sites excluding steroid dienone is 2. The molecule has 2 N–H and O–H groups in total. The van der Waals surface area contributed by atoms with Crippen molar-refractivity contribution in [1.29, 1.82) is 0 Å². The van der Waals surface area contributed by atoms with Gasteiger partial charge >= 0.3 is 0 Å². The summed E-state index contributed by atoms with van der Waals surface area (Å²) in [7, 11) is -4.33. The van der Waals surface area contributed by atoms with Crippen LogP contribution in [-0.2, 0) is 14.6 Å². The number of primary amides is 1. The molecule has 2 atom stereocenters. The molecular formula is C10H10ClF2NO3S. The quantitative estimate of drug-likeness (QED) is 0.853. The van der Waals surface area contributed by atoms with Gasteiger partial charge in [-0.05, 0) is 18.9 Å². The van der Waals surface area contributed by atoms with Crippen molar-refractivity contribution >= 4 is 27.3 Å². The van der Waals surface area contributed by atoms with Crippen LogP contribution in [0.15, 0.2) is 23.0 Å². The second kappa shape index (κ2) is 4.03. The molecule has 0 aromatic carbocycles. The number of amides is 1. The molecule has 2 unspecified atom stereocenters. The molecule has 0 spiro atoms. The Bertz CT molecular complexity index is 568. The summed E-state index contributed by atoms with van der Waals surface area (Å²) in [6.45, 7) is 0. The van der Waals surface area contributed by atoms with Gasteiger partial charge in [0, 0.05) is 6.08 Å². The van der Waals surface area contributed by atoms with Crippen molar-refractivity contribution in [2.75, 3.05) is 0 Å². The molecule has 18 heavy (non-hydrogen) atoms.